The van der Waals surface area contributed by atoms with Gasteiger partial charge in [0.25, 0.3) is 0 Å². The number of hydrogen-bond donors (Lipinski definition) is 1. The van der Waals surface area contributed by atoms with Crippen LogP contribution in [0.25, 0.3) is 0 Å². The summed E-state index contributed by atoms with van der Waals surface area (Å²) in [5, 5.41) is 3.37. The lowest BCUT2D eigenvalue weighted by molar-refractivity contribution is 0.350. The highest BCUT2D eigenvalue weighted by Crippen LogP contribution is 2.24. The van der Waals surface area contributed by atoms with Gasteiger partial charge in [0, 0.05) is 12.3 Å². The molecular formula is C12H27NO2S. The first-order valence-corrected chi connectivity index (χ1v) is 7.95. The Hall–Kier alpha value is -0.0900. The van der Waals surface area contributed by atoms with Crippen LogP contribution in [0.3, 0.4) is 0 Å². The second kappa shape index (κ2) is 6.01. The van der Waals surface area contributed by atoms with Crippen LogP contribution < -0.4 is 5.32 Å². The maximum atomic E-state index is 11.8. The van der Waals surface area contributed by atoms with Gasteiger partial charge in [-0.25, -0.2) is 8.42 Å². The van der Waals surface area contributed by atoms with Gasteiger partial charge in [-0.05, 0) is 39.2 Å². The van der Waals surface area contributed by atoms with Crippen molar-refractivity contribution in [2.45, 2.75) is 58.2 Å². The summed E-state index contributed by atoms with van der Waals surface area (Å²) in [5.74, 6) is 0.496. The molecule has 3 nitrogen and oxygen atoms in total. The Bertz CT molecular complexity index is 294. The fourth-order valence-electron chi connectivity index (χ4n) is 1.66. The van der Waals surface area contributed by atoms with Gasteiger partial charge in [0.1, 0.15) is 0 Å². The molecule has 0 heterocycles. The maximum Gasteiger partial charge on any atom is 0.154 e. The largest absolute Gasteiger partial charge is 0.312 e. The third-order valence-corrected chi connectivity index (χ3v) is 5.34. The molecule has 0 fully saturated rings. The van der Waals surface area contributed by atoms with E-state index in [0.29, 0.717) is 5.92 Å². The summed E-state index contributed by atoms with van der Waals surface area (Å²) in [4.78, 5) is 0. The molecule has 0 aromatic heterocycles. The molecule has 0 spiro atoms. The van der Waals surface area contributed by atoms with Gasteiger partial charge in [-0.1, -0.05) is 20.8 Å². The van der Waals surface area contributed by atoms with E-state index in [4.69, 9.17) is 0 Å². The smallest absolute Gasteiger partial charge is 0.154 e. The predicted octanol–water partition coefficient (Wildman–Crippen LogP) is 2.22. The van der Waals surface area contributed by atoms with Crippen molar-refractivity contribution in [3.8, 4) is 0 Å². The van der Waals surface area contributed by atoms with Crippen LogP contribution in [-0.2, 0) is 9.84 Å². The van der Waals surface area contributed by atoms with Crippen LogP contribution in [0.4, 0.5) is 0 Å². The van der Waals surface area contributed by atoms with E-state index in [-0.39, 0.29) is 6.04 Å². The first kappa shape index (κ1) is 15.9. The highest BCUT2D eigenvalue weighted by atomic mass is 32.2. The Morgan fingerprint density at radius 1 is 1.25 bits per heavy atom. The average Bonchev–Trinajstić information content (AvgIpc) is 2.09. The molecule has 98 valence electrons. The average molecular weight is 249 g/mol. The van der Waals surface area contributed by atoms with Crippen LogP contribution in [-0.4, -0.2) is 32.0 Å². The minimum atomic E-state index is -3.04. The van der Waals surface area contributed by atoms with Crippen LogP contribution in [0.5, 0.6) is 0 Å². The van der Waals surface area contributed by atoms with Crippen LogP contribution in [0, 0.1) is 5.92 Å². The molecule has 1 unspecified atom stereocenters. The number of hydrogen-bond acceptors (Lipinski definition) is 3. The van der Waals surface area contributed by atoms with Crippen molar-refractivity contribution in [1.82, 2.24) is 5.32 Å². The number of nitrogens with one attached hydrogen (secondary N) is 1. The van der Waals surface area contributed by atoms with E-state index in [0.717, 1.165) is 19.4 Å². The van der Waals surface area contributed by atoms with E-state index >= 15 is 0 Å². The van der Waals surface area contributed by atoms with Crippen molar-refractivity contribution in [1.29, 1.82) is 0 Å². The van der Waals surface area contributed by atoms with E-state index < -0.39 is 14.6 Å². The van der Waals surface area contributed by atoms with Gasteiger partial charge >= 0.3 is 0 Å². The van der Waals surface area contributed by atoms with Crippen molar-refractivity contribution in [3.63, 3.8) is 0 Å². The van der Waals surface area contributed by atoms with Crippen molar-refractivity contribution < 1.29 is 8.42 Å². The topological polar surface area (TPSA) is 46.2 Å². The van der Waals surface area contributed by atoms with Crippen LogP contribution in [0.2, 0.25) is 0 Å². The molecule has 4 heteroatoms. The van der Waals surface area contributed by atoms with Gasteiger partial charge in [0.15, 0.2) is 9.84 Å². The maximum absolute atomic E-state index is 11.8. The molecule has 0 saturated heterocycles. The third-order valence-electron chi connectivity index (χ3n) is 3.14. The SMILES string of the molecule is CCCNC(CC(C)C)C(C)(C)S(C)(=O)=O. The fourth-order valence-corrected chi connectivity index (χ4v) is 2.36. The standard InChI is InChI=1S/C12H27NO2S/c1-7-8-13-11(9-10(2)3)12(4,5)16(6,14)15/h10-11,13H,7-9H2,1-6H3. The number of sulfone groups is 1. The summed E-state index contributed by atoms with van der Waals surface area (Å²) in [5.41, 5.74) is 0. The molecular weight excluding hydrogens is 222 g/mol. The van der Waals surface area contributed by atoms with Gasteiger partial charge in [-0.15, -0.1) is 0 Å². The Morgan fingerprint density at radius 3 is 2.06 bits per heavy atom. The first-order valence-electron chi connectivity index (χ1n) is 6.05. The highest BCUT2D eigenvalue weighted by molar-refractivity contribution is 7.92. The molecule has 1 atom stereocenters. The molecule has 0 amide bonds. The minimum Gasteiger partial charge on any atom is -0.312 e. The lowest BCUT2D eigenvalue weighted by atomic mass is 9.93. The lowest BCUT2D eigenvalue weighted by Gasteiger charge is -2.34. The molecule has 0 saturated carbocycles. The Morgan fingerprint density at radius 2 is 1.75 bits per heavy atom. The third kappa shape index (κ3) is 4.42. The zero-order chi connectivity index (χ0) is 13.0. The second-order valence-electron chi connectivity index (χ2n) is 5.51. The summed E-state index contributed by atoms with van der Waals surface area (Å²) in [6.45, 7) is 10.8. The van der Waals surface area contributed by atoms with E-state index in [9.17, 15) is 8.42 Å². The quantitative estimate of drug-likeness (QED) is 0.752. The second-order valence-corrected chi connectivity index (χ2v) is 8.11. The first-order chi connectivity index (χ1) is 7.13. The molecule has 0 aliphatic heterocycles. The van der Waals surface area contributed by atoms with Crippen molar-refractivity contribution in [2.24, 2.45) is 5.92 Å². The molecule has 16 heavy (non-hydrogen) atoms. The summed E-state index contributed by atoms with van der Waals surface area (Å²) in [6.07, 6.45) is 3.24. The van der Waals surface area contributed by atoms with Crippen molar-refractivity contribution in [2.75, 3.05) is 12.8 Å². The summed E-state index contributed by atoms with van der Waals surface area (Å²) in [6, 6.07) is 0.0300. The molecule has 0 aliphatic rings. The lowest BCUT2D eigenvalue weighted by Crippen LogP contribution is -2.52. The summed E-state index contributed by atoms with van der Waals surface area (Å²) >= 11 is 0. The monoisotopic (exact) mass is 249 g/mol. The molecule has 0 bridgehead atoms. The molecule has 0 aromatic carbocycles. The predicted molar refractivity (Wildman–Crippen MR) is 70.5 cm³/mol. The zero-order valence-corrected chi connectivity index (χ0v) is 12.3. The molecule has 1 N–H and O–H groups in total. The summed E-state index contributed by atoms with van der Waals surface area (Å²) in [7, 11) is -3.04. The van der Waals surface area contributed by atoms with E-state index in [2.05, 4.69) is 26.1 Å². The van der Waals surface area contributed by atoms with Crippen LogP contribution in [0.1, 0.15) is 47.5 Å². The molecule has 0 aliphatic carbocycles. The van der Waals surface area contributed by atoms with Crippen LogP contribution in [0.15, 0.2) is 0 Å². The summed E-state index contributed by atoms with van der Waals surface area (Å²) < 4.78 is 22.9. The Kier molecular flexibility index (Phi) is 5.98. The Balaban J connectivity index is 4.86. The zero-order valence-electron chi connectivity index (χ0n) is 11.5. The fraction of sp³-hybridized carbons (Fsp3) is 1.00. The van der Waals surface area contributed by atoms with E-state index in [1.165, 1.54) is 6.26 Å². The van der Waals surface area contributed by atoms with Gasteiger partial charge in [-0.3, -0.25) is 0 Å². The Labute approximate surface area is 101 Å². The molecule has 0 radical (unpaired) electrons. The van der Waals surface area contributed by atoms with Gasteiger partial charge in [-0.2, -0.15) is 0 Å². The highest BCUT2D eigenvalue weighted by Gasteiger charge is 2.38. The van der Waals surface area contributed by atoms with E-state index in [1.54, 1.807) is 0 Å². The van der Waals surface area contributed by atoms with Crippen molar-refractivity contribution in [3.05, 3.63) is 0 Å². The van der Waals surface area contributed by atoms with Crippen molar-refractivity contribution >= 4 is 9.84 Å². The van der Waals surface area contributed by atoms with E-state index in [1.807, 2.05) is 13.8 Å². The number of rotatable bonds is 7. The molecule has 0 aromatic rings. The normalized spacial score (nSPS) is 15.4. The van der Waals surface area contributed by atoms with Crippen LogP contribution >= 0.6 is 0 Å². The van der Waals surface area contributed by atoms with Gasteiger partial charge in [0.05, 0.1) is 4.75 Å². The minimum absolute atomic E-state index is 0.0300. The molecule has 0 rings (SSSR count). The van der Waals surface area contributed by atoms with Gasteiger partial charge < -0.3 is 5.32 Å². The van der Waals surface area contributed by atoms with Gasteiger partial charge in [0.2, 0.25) is 0 Å².